The zero-order chi connectivity index (χ0) is 15.1. The number of piperidine rings is 1. The number of nitrogens with two attached hydrogens (primary N) is 1. The van der Waals surface area contributed by atoms with Gasteiger partial charge in [-0.2, -0.15) is 13.2 Å². The van der Waals surface area contributed by atoms with E-state index in [9.17, 15) is 13.2 Å². The summed E-state index contributed by atoms with van der Waals surface area (Å²) in [7, 11) is 0. The van der Waals surface area contributed by atoms with Gasteiger partial charge >= 0.3 is 6.18 Å². The molecule has 2 heterocycles. The van der Waals surface area contributed by atoms with Gasteiger partial charge in [0, 0.05) is 13.1 Å². The maximum absolute atomic E-state index is 13.0. The normalized spacial score (nSPS) is 22.9. The van der Waals surface area contributed by atoms with Gasteiger partial charge in [0.2, 0.25) is 0 Å². The number of anilines is 2. The van der Waals surface area contributed by atoms with Crippen molar-refractivity contribution >= 4 is 23.2 Å². The SMILES string of the molecule is CC1(C)CN(c2ncnc(N)c2Cl)CCC1C(F)(F)F. The summed E-state index contributed by atoms with van der Waals surface area (Å²) in [5.41, 5.74) is 4.68. The molecule has 1 saturated heterocycles. The number of halogens is 4. The number of hydrogen-bond acceptors (Lipinski definition) is 4. The summed E-state index contributed by atoms with van der Waals surface area (Å²) in [5.74, 6) is -0.801. The van der Waals surface area contributed by atoms with Crippen LogP contribution in [0.4, 0.5) is 24.8 Å². The molecule has 1 aliphatic heterocycles. The molecule has 0 bridgehead atoms. The van der Waals surface area contributed by atoms with Crippen LogP contribution in [-0.2, 0) is 0 Å². The summed E-state index contributed by atoms with van der Waals surface area (Å²) in [6.07, 6.45) is -2.92. The molecule has 1 fully saturated rings. The van der Waals surface area contributed by atoms with Gasteiger partial charge in [-0.1, -0.05) is 25.4 Å². The van der Waals surface area contributed by atoms with Gasteiger partial charge in [0.1, 0.15) is 17.2 Å². The molecule has 0 spiro atoms. The van der Waals surface area contributed by atoms with Crippen LogP contribution in [0, 0.1) is 11.3 Å². The Labute approximate surface area is 120 Å². The Morgan fingerprint density at radius 2 is 2.05 bits per heavy atom. The van der Waals surface area contributed by atoms with Gasteiger partial charge in [-0.3, -0.25) is 0 Å². The van der Waals surface area contributed by atoms with E-state index in [4.69, 9.17) is 17.3 Å². The average molecular weight is 309 g/mol. The highest BCUT2D eigenvalue weighted by Gasteiger charge is 2.51. The average Bonchev–Trinajstić information content (AvgIpc) is 2.29. The van der Waals surface area contributed by atoms with Crippen molar-refractivity contribution in [2.75, 3.05) is 23.7 Å². The first kappa shape index (κ1) is 15.2. The predicted molar refractivity (Wildman–Crippen MR) is 71.6 cm³/mol. The second-order valence-corrected chi connectivity index (χ2v) is 6.07. The summed E-state index contributed by atoms with van der Waals surface area (Å²) >= 11 is 6.03. The van der Waals surface area contributed by atoms with Crippen LogP contribution in [-0.4, -0.2) is 29.2 Å². The molecule has 0 aliphatic carbocycles. The molecule has 112 valence electrons. The standard InChI is InChI=1S/C12H16ClF3N4/c1-11(2)5-20(4-3-7(11)12(14,15)16)10-8(13)9(17)18-6-19-10/h6-7H,3-5H2,1-2H3,(H2,17,18,19). The molecule has 2 N–H and O–H groups in total. The largest absolute Gasteiger partial charge is 0.392 e. The maximum Gasteiger partial charge on any atom is 0.392 e. The molecule has 0 saturated carbocycles. The van der Waals surface area contributed by atoms with E-state index < -0.39 is 17.5 Å². The highest BCUT2D eigenvalue weighted by Crippen LogP contribution is 2.46. The van der Waals surface area contributed by atoms with E-state index in [0.29, 0.717) is 5.82 Å². The summed E-state index contributed by atoms with van der Waals surface area (Å²) in [4.78, 5) is 9.53. The van der Waals surface area contributed by atoms with Crippen LogP contribution in [0.1, 0.15) is 20.3 Å². The molecule has 0 aromatic carbocycles. The first-order chi connectivity index (χ1) is 9.13. The third kappa shape index (κ3) is 2.77. The first-order valence-electron chi connectivity index (χ1n) is 6.20. The molecule has 1 aliphatic rings. The van der Waals surface area contributed by atoms with Crippen molar-refractivity contribution in [2.45, 2.75) is 26.4 Å². The zero-order valence-electron chi connectivity index (χ0n) is 11.2. The van der Waals surface area contributed by atoms with Crippen LogP contribution < -0.4 is 10.6 Å². The number of nitrogen functional groups attached to an aromatic ring is 1. The fourth-order valence-electron chi connectivity index (χ4n) is 2.74. The monoisotopic (exact) mass is 308 g/mol. The minimum atomic E-state index is -4.19. The van der Waals surface area contributed by atoms with Crippen molar-refractivity contribution in [3.63, 3.8) is 0 Å². The van der Waals surface area contributed by atoms with E-state index in [-0.39, 0.29) is 30.4 Å². The number of nitrogens with zero attached hydrogens (tertiary/aromatic N) is 3. The highest BCUT2D eigenvalue weighted by molar-refractivity contribution is 6.35. The molecule has 2 rings (SSSR count). The van der Waals surface area contributed by atoms with Crippen LogP contribution in [0.25, 0.3) is 0 Å². The number of aromatic nitrogens is 2. The summed E-state index contributed by atoms with van der Waals surface area (Å²) in [6.45, 7) is 3.67. The fraction of sp³-hybridized carbons (Fsp3) is 0.667. The summed E-state index contributed by atoms with van der Waals surface area (Å²) in [6, 6.07) is 0. The van der Waals surface area contributed by atoms with Crippen LogP contribution in [0.5, 0.6) is 0 Å². The molecule has 4 nitrogen and oxygen atoms in total. The Bertz CT molecular complexity index is 504. The molecular formula is C12H16ClF3N4. The van der Waals surface area contributed by atoms with Gasteiger partial charge in [0.25, 0.3) is 0 Å². The Balaban J connectivity index is 2.26. The van der Waals surface area contributed by atoms with Crippen molar-refractivity contribution in [1.82, 2.24) is 9.97 Å². The van der Waals surface area contributed by atoms with Gasteiger partial charge in [0.15, 0.2) is 5.82 Å². The molecule has 20 heavy (non-hydrogen) atoms. The van der Waals surface area contributed by atoms with Gasteiger partial charge in [-0.25, -0.2) is 9.97 Å². The van der Waals surface area contributed by atoms with Crippen molar-refractivity contribution in [3.8, 4) is 0 Å². The zero-order valence-corrected chi connectivity index (χ0v) is 12.0. The van der Waals surface area contributed by atoms with Crippen LogP contribution in [0.2, 0.25) is 5.02 Å². The summed E-state index contributed by atoms with van der Waals surface area (Å²) in [5, 5.41) is 0.189. The lowest BCUT2D eigenvalue weighted by Gasteiger charge is -2.45. The lowest BCUT2D eigenvalue weighted by Crippen LogP contribution is -2.51. The Kier molecular flexibility index (Phi) is 3.75. The predicted octanol–water partition coefficient (Wildman–Crippen LogP) is 3.13. The van der Waals surface area contributed by atoms with E-state index in [2.05, 4.69) is 9.97 Å². The quantitative estimate of drug-likeness (QED) is 0.866. The van der Waals surface area contributed by atoms with E-state index in [1.807, 2.05) is 0 Å². The fourth-order valence-corrected chi connectivity index (χ4v) is 2.96. The lowest BCUT2D eigenvalue weighted by molar-refractivity contribution is -0.206. The second kappa shape index (κ2) is 4.95. The molecule has 0 radical (unpaired) electrons. The van der Waals surface area contributed by atoms with E-state index in [0.717, 1.165) is 0 Å². The van der Waals surface area contributed by atoms with E-state index >= 15 is 0 Å². The van der Waals surface area contributed by atoms with E-state index in [1.165, 1.54) is 6.33 Å². The van der Waals surface area contributed by atoms with Crippen LogP contribution in [0.15, 0.2) is 6.33 Å². The Morgan fingerprint density at radius 3 is 2.60 bits per heavy atom. The molecule has 1 aromatic rings. The second-order valence-electron chi connectivity index (χ2n) is 5.69. The van der Waals surface area contributed by atoms with Crippen molar-refractivity contribution in [3.05, 3.63) is 11.3 Å². The third-order valence-electron chi connectivity index (χ3n) is 3.72. The number of rotatable bonds is 1. The van der Waals surface area contributed by atoms with Crippen LogP contribution >= 0.6 is 11.6 Å². The number of hydrogen-bond donors (Lipinski definition) is 1. The molecule has 8 heteroatoms. The van der Waals surface area contributed by atoms with Gasteiger partial charge < -0.3 is 10.6 Å². The van der Waals surface area contributed by atoms with Crippen molar-refractivity contribution in [1.29, 1.82) is 0 Å². The summed E-state index contributed by atoms with van der Waals surface area (Å²) < 4.78 is 39.1. The molecule has 1 unspecified atom stereocenters. The van der Waals surface area contributed by atoms with Gasteiger partial charge in [-0.15, -0.1) is 0 Å². The van der Waals surface area contributed by atoms with Gasteiger partial charge in [-0.05, 0) is 11.8 Å². The van der Waals surface area contributed by atoms with Crippen molar-refractivity contribution < 1.29 is 13.2 Å². The first-order valence-corrected chi connectivity index (χ1v) is 6.58. The van der Waals surface area contributed by atoms with Crippen LogP contribution in [0.3, 0.4) is 0 Å². The molecule has 0 amide bonds. The molecule has 1 aromatic heterocycles. The molecular weight excluding hydrogens is 293 g/mol. The third-order valence-corrected chi connectivity index (χ3v) is 4.08. The Morgan fingerprint density at radius 1 is 1.40 bits per heavy atom. The highest BCUT2D eigenvalue weighted by atomic mass is 35.5. The van der Waals surface area contributed by atoms with Crippen molar-refractivity contribution in [2.24, 2.45) is 11.3 Å². The number of alkyl halides is 3. The lowest BCUT2D eigenvalue weighted by atomic mass is 9.73. The Hall–Kier alpha value is -1.24. The minimum absolute atomic E-state index is 0.0107. The smallest absolute Gasteiger partial charge is 0.382 e. The van der Waals surface area contributed by atoms with Gasteiger partial charge in [0.05, 0.1) is 5.92 Å². The molecule has 1 atom stereocenters. The topological polar surface area (TPSA) is 55.0 Å². The van der Waals surface area contributed by atoms with E-state index in [1.54, 1.807) is 18.7 Å². The maximum atomic E-state index is 13.0. The minimum Gasteiger partial charge on any atom is -0.382 e.